The molecule has 11 aromatic rings. The molecular weight excluding hydrogens is 763 g/mol. The highest BCUT2D eigenvalue weighted by molar-refractivity contribution is 6.99. The predicted octanol–water partition coefficient (Wildman–Crippen LogP) is 11.3. The van der Waals surface area contributed by atoms with Crippen molar-refractivity contribution >= 4 is 66.7 Å². The van der Waals surface area contributed by atoms with Gasteiger partial charge in [-0.3, -0.25) is 0 Å². The van der Waals surface area contributed by atoms with Gasteiger partial charge in [-0.05, 0) is 90.0 Å². The van der Waals surface area contributed by atoms with Crippen LogP contribution in [0.25, 0.3) is 77.2 Å². The van der Waals surface area contributed by atoms with Crippen LogP contribution in [0.5, 0.6) is 34.5 Å². The molecule has 14 rings (SSSR count). The van der Waals surface area contributed by atoms with Crippen molar-refractivity contribution in [3.8, 4) is 74.2 Å². The number of hydrogen-bond donors (Lipinski definition) is 0. The smallest absolute Gasteiger partial charge is 0.270 e. The van der Waals surface area contributed by atoms with Crippen molar-refractivity contribution in [3.63, 3.8) is 0 Å². The lowest BCUT2D eigenvalue weighted by atomic mass is 9.34. The summed E-state index contributed by atoms with van der Waals surface area (Å²) in [5.41, 5.74) is 12.9. The number of nitrogens with zero attached hydrogens (tertiary/aromatic N) is 4. The van der Waals surface area contributed by atoms with Crippen molar-refractivity contribution in [2.75, 3.05) is 0 Å². The minimum absolute atomic E-state index is 0.123. The molecule has 0 fully saturated rings. The van der Waals surface area contributed by atoms with E-state index in [0.29, 0.717) is 22.8 Å². The van der Waals surface area contributed by atoms with Crippen LogP contribution in [-0.4, -0.2) is 20.8 Å². The number of ether oxygens (including phenoxy) is 3. The molecule has 3 aromatic heterocycles. The molecule has 286 valence electrons. The number of rotatable bonds is 4. The van der Waals surface area contributed by atoms with E-state index in [0.717, 1.165) is 100 Å². The molecule has 0 saturated carbocycles. The van der Waals surface area contributed by atoms with Gasteiger partial charge in [0, 0.05) is 60.9 Å². The molecule has 0 aliphatic carbocycles. The fourth-order valence-corrected chi connectivity index (χ4v) is 10.5. The van der Waals surface area contributed by atoms with Gasteiger partial charge in [-0.2, -0.15) is 5.26 Å². The summed E-state index contributed by atoms with van der Waals surface area (Å²) in [6.07, 6.45) is 1.74. The van der Waals surface area contributed by atoms with Crippen LogP contribution >= 0.6 is 0 Å². The van der Waals surface area contributed by atoms with Gasteiger partial charge in [0.05, 0.1) is 27.8 Å². The highest BCUT2D eigenvalue weighted by Gasteiger charge is 2.46. The van der Waals surface area contributed by atoms with E-state index < -0.39 is 0 Å². The van der Waals surface area contributed by atoms with Crippen molar-refractivity contribution in [1.82, 2.24) is 14.1 Å². The average molecular weight is 793 g/mol. The van der Waals surface area contributed by atoms with Gasteiger partial charge in [0.2, 0.25) is 0 Å². The lowest BCUT2D eigenvalue weighted by Crippen LogP contribution is -2.59. The van der Waals surface area contributed by atoms with Gasteiger partial charge in [0.15, 0.2) is 0 Å². The quantitative estimate of drug-likeness (QED) is 0.166. The standard InChI is InChI=1S/C54H29BN4O3/c56-30-39-51(31-27-49-54-50(28-31)62-48-22-10-20-46-53(48)55(54)52-45(60-46)19-9-21-47(52)61-49)38(25-26-57-39)37-24-23-32(58-40-15-5-1-11-33(40)34-12-2-6-16-41(34)58)29-44(37)59-42-17-7-3-13-35(42)36-14-4-8-18-43(36)59/h1-29H. The Hall–Kier alpha value is -8.54. The van der Waals surface area contributed by atoms with Crippen molar-refractivity contribution < 1.29 is 14.2 Å². The maximum atomic E-state index is 10.9. The maximum Gasteiger partial charge on any atom is 0.270 e. The molecule has 0 radical (unpaired) electrons. The van der Waals surface area contributed by atoms with Crippen molar-refractivity contribution in [1.29, 1.82) is 5.26 Å². The maximum absolute atomic E-state index is 10.9. The van der Waals surface area contributed by atoms with E-state index >= 15 is 0 Å². The molecule has 0 saturated heterocycles. The normalized spacial score (nSPS) is 12.9. The van der Waals surface area contributed by atoms with E-state index in [2.05, 4.69) is 143 Å². The first kappa shape index (κ1) is 33.3. The summed E-state index contributed by atoms with van der Waals surface area (Å²) in [5, 5.41) is 15.6. The second-order valence-corrected chi connectivity index (χ2v) is 16.1. The first-order chi connectivity index (χ1) is 30.7. The molecule has 3 aliphatic heterocycles. The fraction of sp³-hybridized carbons (Fsp3) is 0. The number of pyridine rings is 1. The lowest BCUT2D eigenvalue weighted by Gasteiger charge is -2.37. The van der Waals surface area contributed by atoms with Crippen LogP contribution in [0.4, 0.5) is 0 Å². The first-order valence-corrected chi connectivity index (χ1v) is 20.7. The SMILES string of the molecule is N#Cc1nccc(-c2ccc(-n3c4ccccc4c4ccccc43)cc2-n2c3ccccc3c3ccccc32)c1-c1cc2c3c(c1)Oc1cccc4c1B3c1c(cccc1O2)O4. The fourth-order valence-electron chi connectivity index (χ4n) is 10.5. The minimum Gasteiger partial charge on any atom is -0.458 e. The predicted molar refractivity (Wildman–Crippen MR) is 246 cm³/mol. The van der Waals surface area contributed by atoms with Crippen LogP contribution in [0, 0.1) is 11.3 Å². The van der Waals surface area contributed by atoms with E-state index in [4.69, 9.17) is 19.2 Å². The molecule has 0 unspecified atom stereocenters. The van der Waals surface area contributed by atoms with Crippen LogP contribution in [-0.2, 0) is 0 Å². The van der Waals surface area contributed by atoms with Crippen LogP contribution in [0.15, 0.2) is 176 Å². The molecule has 0 bridgehead atoms. The molecule has 6 heterocycles. The molecule has 7 nitrogen and oxygen atoms in total. The Balaban J connectivity index is 1.05. The van der Waals surface area contributed by atoms with Gasteiger partial charge in [-0.25, -0.2) is 4.98 Å². The zero-order valence-electron chi connectivity index (χ0n) is 32.8. The first-order valence-electron chi connectivity index (χ1n) is 20.7. The van der Waals surface area contributed by atoms with Gasteiger partial charge in [0.25, 0.3) is 6.71 Å². The average Bonchev–Trinajstić information content (AvgIpc) is 3.84. The second kappa shape index (κ2) is 12.3. The van der Waals surface area contributed by atoms with Gasteiger partial charge in [-0.1, -0.05) is 91.0 Å². The summed E-state index contributed by atoms with van der Waals surface area (Å²) in [6, 6.07) is 61.5. The number of aromatic nitrogens is 3. The van der Waals surface area contributed by atoms with Gasteiger partial charge in [0.1, 0.15) is 46.3 Å². The topological polar surface area (TPSA) is 74.2 Å². The van der Waals surface area contributed by atoms with Crippen LogP contribution in [0.3, 0.4) is 0 Å². The number of nitriles is 1. The minimum atomic E-state index is -0.123. The van der Waals surface area contributed by atoms with Crippen molar-refractivity contribution in [2.24, 2.45) is 0 Å². The number of hydrogen-bond acceptors (Lipinski definition) is 5. The molecular formula is C54H29BN4O3. The van der Waals surface area contributed by atoms with E-state index in [1.165, 1.54) is 10.8 Å². The Morgan fingerprint density at radius 1 is 0.452 bits per heavy atom. The lowest BCUT2D eigenvalue weighted by molar-refractivity contribution is 0.443. The Kier molecular flexibility index (Phi) is 6.59. The van der Waals surface area contributed by atoms with E-state index in [1.54, 1.807) is 6.20 Å². The van der Waals surface area contributed by atoms with Gasteiger partial charge >= 0.3 is 0 Å². The van der Waals surface area contributed by atoms with E-state index in [-0.39, 0.29) is 6.71 Å². The third kappa shape index (κ3) is 4.41. The summed E-state index contributed by atoms with van der Waals surface area (Å²) in [6.45, 7) is -0.123. The Morgan fingerprint density at radius 2 is 0.919 bits per heavy atom. The monoisotopic (exact) mass is 792 g/mol. The molecule has 0 spiro atoms. The largest absolute Gasteiger partial charge is 0.458 e. The van der Waals surface area contributed by atoms with Crippen LogP contribution < -0.4 is 30.6 Å². The summed E-state index contributed by atoms with van der Waals surface area (Å²) in [5.74, 6) is 4.40. The third-order valence-electron chi connectivity index (χ3n) is 13.0. The molecule has 0 atom stereocenters. The zero-order valence-corrected chi connectivity index (χ0v) is 32.8. The summed E-state index contributed by atoms with van der Waals surface area (Å²) >= 11 is 0. The Morgan fingerprint density at radius 3 is 1.44 bits per heavy atom. The molecule has 8 heteroatoms. The highest BCUT2D eigenvalue weighted by Crippen LogP contribution is 2.47. The number of fused-ring (bicyclic) bond motifs is 6. The summed E-state index contributed by atoms with van der Waals surface area (Å²) in [4.78, 5) is 4.70. The molecule has 3 aliphatic rings. The molecule has 8 aromatic carbocycles. The molecule has 0 N–H and O–H groups in total. The molecule has 62 heavy (non-hydrogen) atoms. The second-order valence-electron chi connectivity index (χ2n) is 16.1. The van der Waals surface area contributed by atoms with Gasteiger partial charge in [-0.15, -0.1) is 0 Å². The van der Waals surface area contributed by atoms with E-state index in [9.17, 15) is 5.26 Å². The summed E-state index contributed by atoms with van der Waals surface area (Å²) < 4.78 is 24.7. The van der Waals surface area contributed by atoms with Crippen LogP contribution in [0.1, 0.15) is 5.69 Å². The number of benzene rings is 8. The van der Waals surface area contributed by atoms with Crippen molar-refractivity contribution in [3.05, 3.63) is 182 Å². The van der Waals surface area contributed by atoms with Gasteiger partial charge < -0.3 is 23.3 Å². The summed E-state index contributed by atoms with van der Waals surface area (Å²) in [7, 11) is 0. The Bertz CT molecular complexity index is 3660. The van der Waals surface area contributed by atoms with Crippen molar-refractivity contribution in [2.45, 2.75) is 0 Å². The molecule has 0 amide bonds. The van der Waals surface area contributed by atoms with E-state index in [1.807, 2.05) is 42.5 Å². The highest BCUT2D eigenvalue weighted by atomic mass is 16.5. The zero-order chi connectivity index (χ0) is 40.6. The van der Waals surface area contributed by atoms with Crippen LogP contribution in [0.2, 0.25) is 0 Å². The number of para-hydroxylation sites is 4. The third-order valence-corrected chi connectivity index (χ3v) is 13.0. The Labute approximate surface area is 354 Å².